The summed E-state index contributed by atoms with van der Waals surface area (Å²) >= 11 is 0. The Kier molecular flexibility index (Phi) is 3.57. The second kappa shape index (κ2) is 4.70. The predicted octanol–water partition coefficient (Wildman–Crippen LogP) is 0.801. The van der Waals surface area contributed by atoms with E-state index >= 15 is 0 Å². The van der Waals surface area contributed by atoms with Crippen molar-refractivity contribution >= 4 is 0 Å². The molecule has 0 aliphatic heterocycles. The Morgan fingerprint density at radius 3 is 2.14 bits per heavy atom. The lowest BCUT2D eigenvalue weighted by atomic mass is 10.1. The maximum atomic E-state index is 13.0. The van der Waals surface area contributed by atoms with Gasteiger partial charge in [0.1, 0.15) is 18.2 Å². The van der Waals surface area contributed by atoms with Gasteiger partial charge in [0.25, 0.3) is 0 Å². The van der Waals surface area contributed by atoms with E-state index in [2.05, 4.69) is 11.8 Å². The van der Waals surface area contributed by atoms with Gasteiger partial charge in [0.15, 0.2) is 0 Å². The molecule has 0 spiro atoms. The third-order valence-corrected chi connectivity index (χ3v) is 1.61. The third-order valence-electron chi connectivity index (χ3n) is 1.61. The lowest BCUT2D eigenvalue weighted by molar-refractivity contribution is 0.269. The fourth-order valence-electron chi connectivity index (χ4n) is 0.968. The average Bonchev–Trinajstić information content (AvgIpc) is 2.14. The normalized spacial score (nSPS) is 9.43. The van der Waals surface area contributed by atoms with Crippen LogP contribution in [0.1, 0.15) is 11.1 Å². The number of hydrogen-bond acceptors (Lipinski definition) is 2. The topological polar surface area (TPSA) is 40.5 Å². The van der Waals surface area contributed by atoms with Crippen LogP contribution in [0.25, 0.3) is 0 Å². The monoisotopic (exact) mass is 198 g/mol. The molecule has 4 heteroatoms. The Morgan fingerprint density at radius 1 is 1.14 bits per heavy atom. The molecular weight excluding hydrogens is 190 g/mol. The molecule has 2 N–H and O–H groups in total. The number of hydrogen-bond donors (Lipinski definition) is 2. The number of halogens is 2. The van der Waals surface area contributed by atoms with E-state index in [0.29, 0.717) is 0 Å². The van der Waals surface area contributed by atoms with Crippen LogP contribution in [0.2, 0.25) is 0 Å². The Bertz CT molecular complexity index is 368. The molecule has 1 rings (SSSR count). The Labute approximate surface area is 79.8 Å². The predicted molar refractivity (Wildman–Crippen MR) is 46.2 cm³/mol. The molecule has 0 aromatic heterocycles. The van der Waals surface area contributed by atoms with Crippen LogP contribution in [-0.2, 0) is 6.61 Å². The van der Waals surface area contributed by atoms with E-state index in [1.54, 1.807) is 0 Å². The van der Waals surface area contributed by atoms with Crippen molar-refractivity contribution in [3.05, 3.63) is 34.9 Å². The van der Waals surface area contributed by atoms with Gasteiger partial charge in [-0.15, -0.1) is 0 Å². The summed E-state index contributed by atoms with van der Waals surface area (Å²) in [6, 6.07) is 2.02. The molecule has 0 saturated carbocycles. The number of benzene rings is 1. The molecule has 0 aliphatic rings. The summed E-state index contributed by atoms with van der Waals surface area (Å²) < 4.78 is 26.0. The molecule has 0 saturated heterocycles. The fourth-order valence-corrected chi connectivity index (χ4v) is 0.968. The lowest BCUT2D eigenvalue weighted by Gasteiger charge is -2.01. The SMILES string of the molecule is OCC#Cc1cc(F)c(CO)c(F)c1. The van der Waals surface area contributed by atoms with Crippen LogP contribution in [0.5, 0.6) is 0 Å². The number of aliphatic hydroxyl groups is 2. The molecule has 1 aromatic carbocycles. The largest absolute Gasteiger partial charge is 0.391 e. The highest BCUT2D eigenvalue weighted by molar-refractivity contribution is 5.37. The van der Waals surface area contributed by atoms with Gasteiger partial charge in [0.2, 0.25) is 0 Å². The molecule has 1 aromatic rings. The van der Waals surface area contributed by atoms with Crippen LogP contribution < -0.4 is 0 Å². The summed E-state index contributed by atoms with van der Waals surface area (Å²) in [4.78, 5) is 0. The molecule has 0 atom stereocenters. The quantitative estimate of drug-likeness (QED) is 0.655. The maximum absolute atomic E-state index is 13.0. The zero-order valence-electron chi connectivity index (χ0n) is 7.22. The van der Waals surface area contributed by atoms with Gasteiger partial charge >= 0.3 is 0 Å². The van der Waals surface area contributed by atoms with E-state index in [1.165, 1.54) is 0 Å². The van der Waals surface area contributed by atoms with Crippen molar-refractivity contribution in [2.45, 2.75) is 6.61 Å². The molecule has 0 radical (unpaired) electrons. The van der Waals surface area contributed by atoms with Crippen LogP contribution in [-0.4, -0.2) is 16.8 Å². The van der Waals surface area contributed by atoms with Gasteiger partial charge in [-0.05, 0) is 12.1 Å². The van der Waals surface area contributed by atoms with E-state index in [4.69, 9.17) is 10.2 Å². The van der Waals surface area contributed by atoms with Gasteiger partial charge in [-0.2, -0.15) is 0 Å². The summed E-state index contributed by atoms with van der Waals surface area (Å²) in [5, 5.41) is 17.0. The van der Waals surface area contributed by atoms with E-state index in [9.17, 15) is 8.78 Å². The maximum Gasteiger partial charge on any atom is 0.132 e. The van der Waals surface area contributed by atoms with E-state index in [0.717, 1.165) is 12.1 Å². The zero-order chi connectivity index (χ0) is 10.6. The minimum Gasteiger partial charge on any atom is -0.391 e. The first-order valence-electron chi connectivity index (χ1n) is 3.87. The van der Waals surface area contributed by atoms with Crippen molar-refractivity contribution < 1.29 is 19.0 Å². The van der Waals surface area contributed by atoms with Crippen molar-refractivity contribution in [3.8, 4) is 11.8 Å². The summed E-state index contributed by atoms with van der Waals surface area (Å²) in [6.45, 7) is -1.06. The van der Waals surface area contributed by atoms with Gasteiger partial charge in [-0.3, -0.25) is 0 Å². The highest BCUT2D eigenvalue weighted by Gasteiger charge is 2.08. The van der Waals surface area contributed by atoms with Crippen molar-refractivity contribution in [2.75, 3.05) is 6.61 Å². The van der Waals surface area contributed by atoms with Crippen molar-refractivity contribution in [1.29, 1.82) is 0 Å². The van der Waals surface area contributed by atoms with Crippen LogP contribution in [0.15, 0.2) is 12.1 Å². The van der Waals surface area contributed by atoms with E-state index in [-0.39, 0.29) is 17.7 Å². The molecule has 0 heterocycles. The lowest BCUT2D eigenvalue weighted by Crippen LogP contribution is -1.96. The molecule has 2 nitrogen and oxygen atoms in total. The zero-order valence-corrected chi connectivity index (χ0v) is 7.22. The van der Waals surface area contributed by atoms with Crippen molar-refractivity contribution in [1.82, 2.24) is 0 Å². The summed E-state index contributed by atoms with van der Waals surface area (Å²) in [7, 11) is 0. The van der Waals surface area contributed by atoms with Crippen molar-refractivity contribution in [2.24, 2.45) is 0 Å². The second-order valence-corrected chi connectivity index (χ2v) is 2.54. The number of aliphatic hydroxyl groups excluding tert-OH is 2. The van der Waals surface area contributed by atoms with Gasteiger partial charge in [-0.25, -0.2) is 8.78 Å². The van der Waals surface area contributed by atoms with Crippen LogP contribution in [0.4, 0.5) is 8.78 Å². The minimum absolute atomic E-state index is 0.131. The third kappa shape index (κ3) is 2.28. The average molecular weight is 198 g/mol. The standard InChI is InChI=1S/C10H8F2O2/c11-9-4-7(2-1-3-13)5-10(12)8(9)6-14/h4-5,13-14H,3,6H2. The molecule has 0 bridgehead atoms. The van der Waals surface area contributed by atoms with Crippen LogP contribution in [0.3, 0.4) is 0 Å². The van der Waals surface area contributed by atoms with Gasteiger partial charge in [-0.1, -0.05) is 11.8 Å². The molecule has 74 valence electrons. The van der Waals surface area contributed by atoms with E-state index < -0.39 is 18.2 Å². The molecule has 0 aliphatic carbocycles. The van der Waals surface area contributed by atoms with Crippen molar-refractivity contribution in [3.63, 3.8) is 0 Å². The summed E-state index contributed by atoms with van der Waals surface area (Å²) in [5.74, 6) is 2.96. The van der Waals surface area contributed by atoms with Gasteiger partial charge in [0.05, 0.1) is 6.61 Å². The summed E-state index contributed by atoms with van der Waals surface area (Å²) in [5.41, 5.74) is -0.245. The highest BCUT2D eigenvalue weighted by atomic mass is 19.1. The number of rotatable bonds is 1. The summed E-state index contributed by atoms with van der Waals surface area (Å²) in [6.07, 6.45) is 0. The van der Waals surface area contributed by atoms with Crippen LogP contribution in [0, 0.1) is 23.5 Å². The first-order chi connectivity index (χ1) is 6.69. The Hall–Kier alpha value is -1.44. The van der Waals surface area contributed by atoms with Gasteiger partial charge < -0.3 is 10.2 Å². The molecular formula is C10H8F2O2. The first kappa shape index (κ1) is 10.6. The molecule has 0 unspecified atom stereocenters. The Balaban J connectivity index is 3.14. The second-order valence-electron chi connectivity index (χ2n) is 2.54. The highest BCUT2D eigenvalue weighted by Crippen LogP contribution is 2.14. The van der Waals surface area contributed by atoms with Gasteiger partial charge in [0, 0.05) is 11.1 Å². The van der Waals surface area contributed by atoms with Crippen LogP contribution >= 0.6 is 0 Å². The minimum atomic E-state index is -0.838. The smallest absolute Gasteiger partial charge is 0.132 e. The molecule has 0 fully saturated rings. The molecule has 0 amide bonds. The first-order valence-corrected chi connectivity index (χ1v) is 3.87. The van der Waals surface area contributed by atoms with E-state index in [1.807, 2.05) is 0 Å². The molecule has 14 heavy (non-hydrogen) atoms. The Morgan fingerprint density at radius 2 is 1.71 bits per heavy atom. The fraction of sp³-hybridized carbons (Fsp3) is 0.200.